The highest BCUT2D eigenvalue weighted by molar-refractivity contribution is 5.98. The quantitative estimate of drug-likeness (QED) is 0.429. The number of esters is 1. The van der Waals surface area contributed by atoms with Crippen LogP contribution in [0.15, 0.2) is 36.4 Å². The molecule has 0 aromatic heterocycles. The van der Waals surface area contributed by atoms with Crippen LogP contribution in [0.2, 0.25) is 0 Å². The first-order chi connectivity index (χ1) is 14.6. The fourth-order valence-electron chi connectivity index (χ4n) is 2.68. The maximum absolute atomic E-state index is 13.2. The average Bonchev–Trinajstić information content (AvgIpc) is 2.72. The van der Waals surface area contributed by atoms with E-state index in [1.807, 2.05) is 5.32 Å². The van der Waals surface area contributed by atoms with Gasteiger partial charge in [-0.3, -0.25) is 14.9 Å². The van der Waals surface area contributed by atoms with Crippen molar-refractivity contribution in [3.05, 3.63) is 57.6 Å². The van der Waals surface area contributed by atoms with E-state index in [1.165, 1.54) is 25.1 Å². The molecule has 1 heterocycles. The van der Waals surface area contributed by atoms with E-state index in [0.717, 1.165) is 12.1 Å². The lowest BCUT2D eigenvalue weighted by Gasteiger charge is -2.19. The molecule has 1 N–H and O–H groups in total. The van der Waals surface area contributed by atoms with Gasteiger partial charge in [-0.05, 0) is 31.2 Å². The van der Waals surface area contributed by atoms with Crippen LogP contribution >= 0.6 is 0 Å². The van der Waals surface area contributed by atoms with Crippen LogP contribution in [0.5, 0.6) is 11.5 Å². The maximum Gasteiger partial charge on any atom is 0.418 e. The van der Waals surface area contributed by atoms with E-state index in [2.05, 4.69) is 0 Å². The molecule has 0 bridgehead atoms. The summed E-state index contributed by atoms with van der Waals surface area (Å²) in [6.45, 7) is 1.82. The van der Waals surface area contributed by atoms with Gasteiger partial charge in [-0.15, -0.1) is 0 Å². The summed E-state index contributed by atoms with van der Waals surface area (Å²) in [5.74, 6) is -1.20. The number of fused-ring (bicyclic) bond motifs is 1. The number of rotatable bonds is 5. The van der Waals surface area contributed by atoms with Crippen LogP contribution in [0.1, 0.15) is 22.8 Å². The summed E-state index contributed by atoms with van der Waals surface area (Å²) in [5.41, 5.74) is -2.84. The lowest BCUT2D eigenvalue weighted by atomic mass is 10.1. The summed E-state index contributed by atoms with van der Waals surface area (Å²) in [6.07, 6.45) is -6.42. The van der Waals surface area contributed by atoms with Gasteiger partial charge in [-0.2, -0.15) is 13.2 Å². The minimum Gasteiger partial charge on any atom is -0.486 e. The monoisotopic (exact) mass is 440 g/mol. The van der Waals surface area contributed by atoms with Gasteiger partial charge in [0, 0.05) is 12.1 Å². The van der Waals surface area contributed by atoms with Gasteiger partial charge in [0.2, 0.25) is 0 Å². The topological polar surface area (TPSA) is 117 Å². The molecule has 31 heavy (non-hydrogen) atoms. The number of nitro benzene ring substituents is 1. The molecule has 0 unspecified atom stereocenters. The Hall–Kier alpha value is -3.83. The molecule has 2 aromatic rings. The summed E-state index contributed by atoms with van der Waals surface area (Å²) in [5, 5.41) is 12.7. The second-order valence-electron chi connectivity index (χ2n) is 6.38. The fraction of sp³-hybridized carbons (Fsp3) is 0.263. The van der Waals surface area contributed by atoms with Crippen molar-refractivity contribution in [3.8, 4) is 11.5 Å². The van der Waals surface area contributed by atoms with Crippen molar-refractivity contribution in [1.29, 1.82) is 0 Å². The average molecular weight is 440 g/mol. The second-order valence-corrected chi connectivity index (χ2v) is 6.38. The minimum absolute atomic E-state index is 0.0511. The third-order valence-corrected chi connectivity index (χ3v) is 4.21. The standard InChI is InChI=1S/C19H15F3N2O7/c1-10(31-18(26)11-2-5-15-16(8-11)30-7-6-29-15)17(25)23-14-4-3-12(24(27)28)9-13(14)19(20,21)22/h2-5,8-10H,6-7H2,1H3,(H,23,25)/t10-/m1/s1. The predicted octanol–water partition coefficient (Wildman–Crippen LogP) is 3.57. The van der Waals surface area contributed by atoms with Gasteiger partial charge >= 0.3 is 12.1 Å². The highest BCUT2D eigenvalue weighted by Gasteiger charge is 2.36. The number of carbonyl (C=O) groups is 2. The van der Waals surface area contributed by atoms with Crippen molar-refractivity contribution < 1.29 is 41.9 Å². The van der Waals surface area contributed by atoms with Crippen LogP contribution < -0.4 is 14.8 Å². The van der Waals surface area contributed by atoms with Gasteiger partial charge < -0.3 is 19.5 Å². The van der Waals surface area contributed by atoms with Crippen molar-refractivity contribution in [2.24, 2.45) is 0 Å². The summed E-state index contributed by atoms with van der Waals surface area (Å²) in [4.78, 5) is 34.3. The molecule has 12 heteroatoms. The third-order valence-electron chi connectivity index (χ3n) is 4.21. The molecule has 0 aliphatic carbocycles. The molecule has 0 saturated carbocycles. The van der Waals surface area contributed by atoms with Crippen LogP contribution in [-0.4, -0.2) is 36.1 Å². The van der Waals surface area contributed by atoms with Gasteiger partial charge in [0.25, 0.3) is 11.6 Å². The molecular weight excluding hydrogens is 425 g/mol. The third kappa shape index (κ3) is 5.02. The van der Waals surface area contributed by atoms with Gasteiger partial charge in [-0.25, -0.2) is 4.79 Å². The number of anilines is 1. The number of hydrogen-bond donors (Lipinski definition) is 1. The Balaban J connectivity index is 1.72. The van der Waals surface area contributed by atoms with Gasteiger partial charge in [-0.1, -0.05) is 0 Å². The number of hydrogen-bond acceptors (Lipinski definition) is 7. The largest absolute Gasteiger partial charge is 0.486 e. The molecular formula is C19H15F3N2O7. The van der Waals surface area contributed by atoms with Crippen LogP contribution in [0.25, 0.3) is 0 Å². The molecule has 1 aliphatic heterocycles. The van der Waals surface area contributed by atoms with Crippen molar-refractivity contribution in [3.63, 3.8) is 0 Å². The Labute approximate surface area is 172 Å². The Kier molecular flexibility index (Phi) is 5.99. The molecule has 1 aliphatic rings. The number of amides is 1. The lowest BCUT2D eigenvalue weighted by molar-refractivity contribution is -0.385. The second kappa shape index (κ2) is 8.50. The minimum atomic E-state index is -4.96. The Morgan fingerprint density at radius 1 is 1.13 bits per heavy atom. The van der Waals surface area contributed by atoms with E-state index in [1.54, 1.807) is 0 Å². The summed E-state index contributed by atoms with van der Waals surface area (Å²) in [7, 11) is 0. The molecule has 0 saturated heterocycles. The van der Waals surface area contributed by atoms with Crippen molar-refractivity contribution in [2.75, 3.05) is 18.5 Å². The Morgan fingerprint density at radius 2 is 1.81 bits per heavy atom. The number of carbonyl (C=O) groups excluding carboxylic acids is 2. The summed E-state index contributed by atoms with van der Waals surface area (Å²) < 4.78 is 55.4. The van der Waals surface area contributed by atoms with Crippen molar-refractivity contribution in [2.45, 2.75) is 19.2 Å². The Morgan fingerprint density at radius 3 is 2.45 bits per heavy atom. The molecule has 0 spiro atoms. The molecule has 2 aromatic carbocycles. The summed E-state index contributed by atoms with van der Waals surface area (Å²) >= 11 is 0. The van der Waals surface area contributed by atoms with Crippen LogP contribution in [-0.2, 0) is 15.7 Å². The highest BCUT2D eigenvalue weighted by Crippen LogP contribution is 2.37. The number of non-ortho nitro benzene ring substituents is 1. The van der Waals surface area contributed by atoms with Gasteiger partial charge in [0.1, 0.15) is 13.2 Å². The first-order valence-electron chi connectivity index (χ1n) is 8.83. The van der Waals surface area contributed by atoms with E-state index < -0.39 is 46.0 Å². The molecule has 0 radical (unpaired) electrons. The molecule has 3 rings (SSSR count). The Bertz CT molecular complexity index is 1040. The zero-order valence-electron chi connectivity index (χ0n) is 15.9. The number of benzene rings is 2. The van der Waals surface area contributed by atoms with E-state index in [0.29, 0.717) is 30.8 Å². The first kappa shape index (κ1) is 21.9. The molecule has 1 amide bonds. The number of halogens is 3. The van der Waals surface area contributed by atoms with Gasteiger partial charge in [0.05, 0.1) is 21.7 Å². The fourth-order valence-corrected chi connectivity index (χ4v) is 2.68. The molecule has 164 valence electrons. The highest BCUT2D eigenvalue weighted by atomic mass is 19.4. The molecule has 1 atom stereocenters. The molecule has 0 fully saturated rings. The van der Waals surface area contributed by atoms with Crippen LogP contribution in [0, 0.1) is 10.1 Å². The normalized spacial score (nSPS) is 13.8. The van der Waals surface area contributed by atoms with Crippen molar-refractivity contribution >= 4 is 23.3 Å². The smallest absolute Gasteiger partial charge is 0.418 e. The maximum atomic E-state index is 13.2. The lowest BCUT2D eigenvalue weighted by Crippen LogP contribution is -2.31. The summed E-state index contributed by atoms with van der Waals surface area (Å²) in [6, 6.07) is 6.12. The predicted molar refractivity (Wildman–Crippen MR) is 99.0 cm³/mol. The zero-order chi connectivity index (χ0) is 22.8. The first-order valence-corrected chi connectivity index (χ1v) is 8.83. The zero-order valence-corrected chi connectivity index (χ0v) is 15.9. The van der Waals surface area contributed by atoms with Gasteiger partial charge in [0.15, 0.2) is 17.6 Å². The van der Waals surface area contributed by atoms with Crippen molar-refractivity contribution in [1.82, 2.24) is 0 Å². The number of nitrogens with one attached hydrogen (secondary N) is 1. The van der Waals surface area contributed by atoms with E-state index in [-0.39, 0.29) is 5.56 Å². The number of nitrogens with zero attached hydrogens (tertiary/aromatic N) is 1. The van der Waals surface area contributed by atoms with E-state index >= 15 is 0 Å². The van der Waals surface area contributed by atoms with Crippen LogP contribution in [0.3, 0.4) is 0 Å². The number of ether oxygens (including phenoxy) is 3. The number of alkyl halides is 3. The van der Waals surface area contributed by atoms with Crippen LogP contribution in [0.4, 0.5) is 24.5 Å². The van der Waals surface area contributed by atoms with E-state index in [4.69, 9.17) is 14.2 Å². The molecule has 9 nitrogen and oxygen atoms in total. The van der Waals surface area contributed by atoms with E-state index in [9.17, 15) is 32.9 Å². The number of nitro groups is 1. The SMILES string of the molecule is C[C@@H](OC(=O)c1ccc2c(c1)OCCO2)C(=O)Nc1ccc([N+](=O)[O-])cc1C(F)(F)F.